The molecule has 4 fully saturated rings. The normalized spacial score (nSPS) is 37.3. The average Bonchev–Trinajstić information content (AvgIpc) is 3.78. The van der Waals surface area contributed by atoms with Crippen LogP contribution in [0.3, 0.4) is 0 Å². The van der Waals surface area contributed by atoms with Gasteiger partial charge in [0, 0.05) is 11.8 Å². The molecule has 6 rings (SSSR count). The van der Waals surface area contributed by atoms with Crippen molar-refractivity contribution in [2.75, 3.05) is 54.9 Å². The molecule has 0 saturated carbocycles. The summed E-state index contributed by atoms with van der Waals surface area (Å²) in [5.74, 6) is 0.683. The molecule has 14 atom stereocenters. The number of benzene rings is 2. The summed E-state index contributed by atoms with van der Waals surface area (Å²) in [6.07, 6.45) is -15.9. The predicted octanol–water partition coefficient (Wildman–Crippen LogP) is -1.85. The third-order valence-electron chi connectivity index (χ3n) is 10.1. The third-order valence-corrected chi connectivity index (χ3v) is 10.1. The second-order valence-electron chi connectivity index (χ2n) is 13.0. The van der Waals surface area contributed by atoms with E-state index in [0.717, 1.165) is 0 Å². The summed E-state index contributed by atoms with van der Waals surface area (Å²) >= 11 is 0. The third kappa shape index (κ3) is 6.94. The fraction of sp³-hybridized carbons (Fsp3) is 0.647. The van der Waals surface area contributed by atoms with Gasteiger partial charge in [-0.3, -0.25) is 0 Å². The zero-order chi connectivity index (χ0) is 37.4. The van der Waals surface area contributed by atoms with Gasteiger partial charge in [-0.25, -0.2) is 0 Å². The molecule has 4 heterocycles. The number of ether oxygens (including phenoxy) is 10. The van der Waals surface area contributed by atoms with E-state index in [4.69, 9.17) is 47.4 Å². The molecule has 18 heteroatoms. The van der Waals surface area contributed by atoms with E-state index in [1.807, 2.05) is 0 Å². The molecule has 2 aromatic rings. The van der Waals surface area contributed by atoms with Crippen LogP contribution in [-0.4, -0.2) is 157 Å². The lowest BCUT2D eigenvalue weighted by atomic mass is 9.84. The van der Waals surface area contributed by atoms with Gasteiger partial charge in [0.25, 0.3) is 0 Å². The number of aliphatic hydroxyl groups excluding tert-OH is 8. The quantitative estimate of drug-likeness (QED) is 0.119. The first-order valence-electron chi connectivity index (χ1n) is 16.7. The Morgan fingerprint density at radius 2 is 0.846 bits per heavy atom. The van der Waals surface area contributed by atoms with E-state index in [2.05, 4.69) is 0 Å². The minimum absolute atomic E-state index is 0.0541. The van der Waals surface area contributed by atoms with E-state index in [1.165, 1.54) is 28.4 Å². The first kappa shape index (κ1) is 38.5. The molecule has 4 aliphatic heterocycles. The number of hydrogen-bond donors (Lipinski definition) is 8. The first-order valence-corrected chi connectivity index (χ1v) is 16.7. The number of hydrogen-bond acceptors (Lipinski definition) is 18. The van der Waals surface area contributed by atoms with Crippen molar-refractivity contribution < 1.29 is 88.2 Å². The van der Waals surface area contributed by atoms with Crippen LogP contribution >= 0.6 is 0 Å². The first-order chi connectivity index (χ1) is 25.0. The van der Waals surface area contributed by atoms with Crippen LogP contribution in [0.15, 0.2) is 24.3 Å². The Morgan fingerprint density at radius 3 is 1.13 bits per heavy atom. The molecule has 0 unspecified atom stereocenters. The SMILES string of the molecule is COc1cc([C@H]2OC[C@@H]3[C@H]2CO[C@H]3c2cc(OC)c(O[C@@H]3O[C@H](CO)[C@@H](O)[C@H](O)[C@H]3O)c(OC)c2)cc(OC)c1O[C@@H]1O[C@H](CO)[C@@H](O)[C@H](O)[C@H]1O. The minimum Gasteiger partial charge on any atom is -0.493 e. The van der Waals surface area contributed by atoms with Gasteiger partial charge in [0.1, 0.15) is 48.8 Å². The van der Waals surface area contributed by atoms with E-state index in [-0.39, 0.29) is 46.3 Å². The highest BCUT2D eigenvalue weighted by Crippen LogP contribution is 2.54. The summed E-state index contributed by atoms with van der Waals surface area (Å²) in [5.41, 5.74) is 1.37. The van der Waals surface area contributed by atoms with Gasteiger partial charge in [-0.15, -0.1) is 0 Å². The fourth-order valence-corrected chi connectivity index (χ4v) is 7.16. The van der Waals surface area contributed by atoms with Crippen molar-refractivity contribution in [2.24, 2.45) is 11.8 Å². The summed E-state index contributed by atoms with van der Waals surface area (Å²) < 4.78 is 58.0. The summed E-state index contributed by atoms with van der Waals surface area (Å²) in [5, 5.41) is 81.0. The summed E-state index contributed by atoms with van der Waals surface area (Å²) in [6.45, 7) is -0.604. The maximum atomic E-state index is 10.5. The van der Waals surface area contributed by atoms with Crippen molar-refractivity contribution in [1.29, 1.82) is 0 Å². The number of rotatable bonds is 12. The Bertz CT molecular complexity index is 1360. The highest BCUT2D eigenvalue weighted by molar-refractivity contribution is 5.56. The molecule has 8 N–H and O–H groups in total. The zero-order valence-corrected chi connectivity index (χ0v) is 28.9. The van der Waals surface area contributed by atoms with Crippen LogP contribution in [0.4, 0.5) is 0 Å². The number of methoxy groups -OCH3 is 4. The Morgan fingerprint density at radius 1 is 0.519 bits per heavy atom. The van der Waals surface area contributed by atoms with E-state index in [9.17, 15) is 40.9 Å². The molecule has 0 bridgehead atoms. The second kappa shape index (κ2) is 16.0. The monoisotopic (exact) mass is 742 g/mol. The van der Waals surface area contributed by atoms with Crippen molar-refractivity contribution in [2.45, 2.75) is 73.6 Å². The smallest absolute Gasteiger partial charge is 0.229 e. The van der Waals surface area contributed by atoms with Crippen molar-refractivity contribution in [1.82, 2.24) is 0 Å². The summed E-state index contributed by atoms with van der Waals surface area (Å²) in [7, 11) is 5.66. The Kier molecular flexibility index (Phi) is 11.8. The van der Waals surface area contributed by atoms with Crippen LogP contribution in [0, 0.1) is 11.8 Å². The lowest BCUT2D eigenvalue weighted by Crippen LogP contribution is -2.60. The molecule has 0 spiro atoms. The molecule has 2 aromatic carbocycles. The van der Waals surface area contributed by atoms with Crippen molar-refractivity contribution in [3.8, 4) is 34.5 Å². The summed E-state index contributed by atoms with van der Waals surface area (Å²) in [4.78, 5) is 0. The van der Waals surface area contributed by atoms with Crippen LogP contribution in [0.2, 0.25) is 0 Å². The lowest BCUT2D eigenvalue weighted by molar-refractivity contribution is -0.277. The molecule has 0 radical (unpaired) electrons. The fourth-order valence-electron chi connectivity index (χ4n) is 7.16. The second-order valence-corrected chi connectivity index (χ2v) is 13.0. The molecular formula is C34H46O18. The highest BCUT2D eigenvalue weighted by atomic mass is 16.7. The topological polar surface area (TPSA) is 254 Å². The lowest BCUT2D eigenvalue weighted by Gasteiger charge is -2.39. The molecule has 52 heavy (non-hydrogen) atoms. The van der Waals surface area contributed by atoms with Gasteiger partial charge in [-0.2, -0.15) is 0 Å². The van der Waals surface area contributed by atoms with E-state index in [1.54, 1.807) is 24.3 Å². The van der Waals surface area contributed by atoms with Gasteiger partial charge in [0.2, 0.25) is 24.1 Å². The number of fused-ring (bicyclic) bond motifs is 1. The zero-order valence-electron chi connectivity index (χ0n) is 28.9. The minimum atomic E-state index is -1.65. The Labute approximate surface area is 298 Å². The van der Waals surface area contributed by atoms with Crippen molar-refractivity contribution >= 4 is 0 Å². The van der Waals surface area contributed by atoms with Gasteiger partial charge >= 0.3 is 0 Å². The highest BCUT2D eigenvalue weighted by Gasteiger charge is 2.50. The van der Waals surface area contributed by atoms with Crippen LogP contribution in [0.1, 0.15) is 23.3 Å². The molecule has 4 saturated heterocycles. The van der Waals surface area contributed by atoms with E-state index < -0.39 is 86.8 Å². The van der Waals surface area contributed by atoms with Gasteiger partial charge in [-0.05, 0) is 35.4 Å². The van der Waals surface area contributed by atoms with Crippen LogP contribution in [-0.2, 0) is 18.9 Å². The van der Waals surface area contributed by atoms with E-state index >= 15 is 0 Å². The van der Waals surface area contributed by atoms with Crippen molar-refractivity contribution in [3.63, 3.8) is 0 Å². The number of aliphatic hydroxyl groups is 8. The molecule has 290 valence electrons. The Balaban J connectivity index is 1.22. The van der Waals surface area contributed by atoms with Gasteiger partial charge < -0.3 is 88.2 Å². The van der Waals surface area contributed by atoms with E-state index in [0.29, 0.717) is 24.3 Å². The summed E-state index contributed by atoms with van der Waals surface area (Å²) in [6, 6.07) is 6.78. The largest absolute Gasteiger partial charge is 0.493 e. The van der Waals surface area contributed by atoms with Crippen LogP contribution in [0.5, 0.6) is 34.5 Å². The molecule has 0 aromatic heterocycles. The van der Waals surface area contributed by atoms with Gasteiger partial charge in [-0.1, -0.05) is 0 Å². The van der Waals surface area contributed by atoms with Crippen molar-refractivity contribution in [3.05, 3.63) is 35.4 Å². The van der Waals surface area contributed by atoms with Gasteiger partial charge in [0.05, 0.1) is 67.1 Å². The predicted molar refractivity (Wildman–Crippen MR) is 172 cm³/mol. The maximum absolute atomic E-state index is 10.5. The molecule has 0 amide bonds. The molecule has 18 nitrogen and oxygen atoms in total. The van der Waals surface area contributed by atoms with Crippen LogP contribution in [0.25, 0.3) is 0 Å². The van der Waals surface area contributed by atoms with Gasteiger partial charge in [0.15, 0.2) is 23.0 Å². The molecule has 0 aliphatic carbocycles. The Hall–Kier alpha value is -3.24. The van der Waals surface area contributed by atoms with Crippen LogP contribution < -0.4 is 28.4 Å². The molecular weight excluding hydrogens is 696 g/mol. The maximum Gasteiger partial charge on any atom is 0.229 e. The molecule has 4 aliphatic rings. The average molecular weight is 743 g/mol. The standard InChI is InChI=1S/C34H46O18/c1-43-17-5-13(6-18(44-2)31(17)51-33-27(41)25(39)23(37)21(9-35)49-33)29-15-11-48-30(16(15)12-47-29)14-7-19(45-3)32(20(8-14)46-4)52-34-28(42)26(40)24(38)22(10-36)50-34/h5-8,15-16,21-30,33-42H,9-12H2,1-4H3/t15-,16-,21-,22-,23-,24-,25+,26+,27-,28-,29-,30+,33+,34+/m1/s1.